The number of benzene rings is 7. The summed E-state index contributed by atoms with van der Waals surface area (Å²) in [7, 11) is 0. The van der Waals surface area contributed by atoms with Crippen LogP contribution in [0.3, 0.4) is 0 Å². The number of furan rings is 1. The predicted octanol–water partition coefficient (Wildman–Crippen LogP) is 12.0. The van der Waals surface area contributed by atoms with Crippen molar-refractivity contribution >= 4 is 43.7 Å². The van der Waals surface area contributed by atoms with E-state index in [1.165, 1.54) is 21.8 Å². The Kier molecular flexibility index (Phi) is 6.80. The van der Waals surface area contributed by atoms with Gasteiger partial charge in [0, 0.05) is 43.9 Å². The monoisotopic (exact) mass is 664 g/mol. The minimum Gasteiger partial charge on any atom is -0.456 e. The van der Waals surface area contributed by atoms with Gasteiger partial charge in [-0.05, 0) is 53.6 Å². The molecule has 0 atom stereocenters. The summed E-state index contributed by atoms with van der Waals surface area (Å²) in [6.45, 7) is 0. The molecule has 0 aliphatic heterocycles. The third kappa shape index (κ3) is 4.70. The molecule has 5 heteroatoms. The molecule has 0 spiro atoms. The van der Waals surface area contributed by atoms with Crippen molar-refractivity contribution in [2.45, 2.75) is 0 Å². The van der Waals surface area contributed by atoms with Gasteiger partial charge in [0.05, 0.1) is 22.4 Å². The minimum absolute atomic E-state index is 0.419. The summed E-state index contributed by atoms with van der Waals surface area (Å²) in [5.41, 5.74) is 11.2. The zero-order chi connectivity index (χ0) is 34.6. The van der Waals surface area contributed by atoms with Crippen LogP contribution in [0, 0.1) is 11.3 Å². The standard InChI is InChI=1S/C47H28N4O/c48-29-39-45(30-13-3-1-4-14-30)49-47(31-15-5-2-6-16-31)50-46(39)37-21-12-24-43-44(37)38-28-33(25-26-42(38)52-43)32-17-11-18-34(27-32)51-40-22-9-7-19-35(40)36-20-8-10-23-41(36)51/h1-28H. The molecule has 10 aromatic rings. The molecule has 0 amide bonds. The van der Waals surface area contributed by atoms with Gasteiger partial charge in [0.15, 0.2) is 5.82 Å². The van der Waals surface area contributed by atoms with E-state index in [2.05, 4.69) is 95.6 Å². The van der Waals surface area contributed by atoms with Crippen molar-refractivity contribution in [1.82, 2.24) is 14.5 Å². The van der Waals surface area contributed by atoms with Crippen molar-refractivity contribution in [2.75, 3.05) is 0 Å². The number of nitrogens with zero attached hydrogens (tertiary/aromatic N) is 4. The SMILES string of the molecule is N#Cc1c(-c2ccccc2)nc(-c2ccccc2)nc1-c1cccc2oc3ccc(-c4cccc(-n5c6ccccc6c6ccccc65)c4)cc3c12. The van der Waals surface area contributed by atoms with Crippen LogP contribution in [-0.4, -0.2) is 14.5 Å². The van der Waals surface area contributed by atoms with Crippen LogP contribution < -0.4 is 0 Å². The summed E-state index contributed by atoms with van der Waals surface area (Å²) < 4.78 is 8.80. The van der Waals surface area contributed by atoms with Crippen LogP contribution in [0.4, 0.5) is 0 Å². The third-order valence-corrected chi connectivity index (χ3v) is 9.87. The Morgan fingerprint density at radius 3 is 1.83 bits per heavy atom. The highest BCUT2D eigenvalue weighted by molar-refractivity contribution is 6.14. The summed E-state index contributed by atoms with van der Waals surface area (Å²) in [5, 5.41) is 15.0. The second-order valence-electron chi connectivity index (χ2n) is 12.9. The fourth-order valence-corrected chi connectivity index (χ4v) is 7.51. The lowest BCUT2D eigenvalue weighted by atomic mass is 9.96. The van der Waals surface area contributed by atoms with Crippen LogP contribution in [0.1, 0.15) is 5.56 Å². The Labute approximate surface area is 299 Å². The molecule has 3 aromatic heterocycles. The Bertz CT molecular complexity index is 2970. The number of aromatic nitrogens is 3. The number of hydrogen-bond acceptors (Lipinski definition) is 4. The van der Waals surface area contributed by atoms with E-state index in [-0.39, 0.29) is 0 Å². The normalized spacial score (nSPS) is 11.4. The molecule has 10 rings (SSSR count). The second-order valence-corrected chi connectivity index (χ2v) is 12.9. The van der Waals surface area contributed by atoms with Crippen molar-refractivity contribution in [2.24, 2.45) is 0 Å². The average molecular weight is 665 g/mol. The molecule has 52 heavy (non-hydrogen) atoms. The molecule has 0 aliphatic rings. The van der Waals surface area contributed by atoms with Crippen molar-refractivity contribution in [3.05, 3.63) is 175 Å². The van der Waals surface area contributed by atoms with Crippen molar-refractivity contribution in [1.29, 1.82) is 5.26 Å². The Hall–Kier alpha value is -7.29. The summed E-state index contributed by atoms with van der Waals surface area (Å²) >= 11 is 0. The molecule has 0 bridgehead atoms. The van der Waals surface area contributed by atoms with Crippen molar-refractivity contribution < 1.29 is 4.42 Å². The van der Waals surface area contributed by atoms with E-state index in [4.69, 9.17) is 14.4 Å². The number of hydrogen-bond donors (Lipinski definition) is 0. The van der Waals surface area contributed by atoms with Gasteiger partial charge in [0.2, 0.25) is 0 Å². The summed E-state index contributed by atoms with van der Waals surface area (Å²) in [4.78, 5) is 10.1. The maximum atomic E-state index is 10.7. The van der Waals surface area contributed by atoms with E-state index >= 15 is 0 Å². The molecule has 0 saturated carbocycles. The molecule has 7 aromatic carbocycles. The lowest BCUT2D eigenvalue weighted by Gasteiger charge is -2.13. The van der Waals surface area contributed by atoms with Gasteiger partial charge < -0.3 is 8.98 Å². The lowest BCUT2D eigenvalue weighted by molar-refractivity contribution is 0.669. The van der Waals surface area contributed by atoms with E-state index in [0.717, 1.165) is 55.4 Å². The molecule has 0 fully saturated rings. The molecule has 0 saturated heterocycles. The first-order valence-corrected chi connectivity index (χ1v) is 17.2. The molecular weight excluding hydrogens is 637 g/mol. The number of rotatable bonds is 5. The van der Waals surface area contributed by atoms with Crippen molar-refractivity contribution in [3.8, 4) is 56.8 Å². The summed E-state index contributed by atoms with van der Waals surface area (Å²) in [6.07, 6.45) is 0. The highest BCUT2D eigenvalue weighted by Gasteiger charge is 2.22. The van der Waals surface area contributed by atoms with Gasteiger partial charge in [-0.25, -0.2) is 9.97 Å². The largest absolute Gasteiger partial charge is 0.456 e. The Morgan fingerprint density at radius 1 is 0.481 bits per heavy atom. The first kappa shape index (κ1) is 29.6. The van der Waals surface area contributed by atoms with Crippen LogP contribution >= 0.6 is 0 Å². The van der Waals surface area contributed by atoms with Crippen LogP contribution in [0.25, 0.3) is 94.5 Å². The zero-order valence-corrected chi connectivity index (χ0v) is 27.9. The molecule has 5 nitrogen and oxygen atoms in total. The van der Waals surface area contributed by atoms with Crippen molar-refractivity contribution in [3.63, 3.8) is 0 Å². The smallest absolute Gasteiger partial charge is 0.160 e. The van der Waals surface area contributed by atoms with E-state index in [1.54, 1.807) is 0 Å². The molecular formula is C47H28N4O. The predicted molar refractivity (Wildman–Crippen MR) is 210 cm³/mol. The van der Waals surface area contributed by atoms with Gasteiger partial charge in [-0.15, -0.1) is 0 Å². The van der Waals surface area contributed by atoms with Gasteiger partial charge in [-0.1, -0.05) is 127 Å². The lowest BCUT2D eigenvalue weighted by Crippen LogP contribution is -2.01. The van der Waals surface area contributed by atoms with E-state index < -0.39 is 0 Å². The van der Waals surface area contributed by atoms with Gasteiger partial charge in [0.1, 0.15) is 22.8 Å². The molecule has 3 heterocycles. The molecule has 242 valence electrons. The quantitative estimate of drug-likeness (QED) is 0.184. The minimum atomic E-state index is 0.419. The third-order valence-electron chi connectivity index (χ3n) is 9.87. The first-order chi connectivity index (χ1) is 25.7. The Balaban J connectivity index is 1.18. The molecule has 0 radical (unpaired) electrons. The summed E-state index contributed by atoms with van der Waals surface area (Å²) in [6, 6.07) is 60.3. The maximum Gasteiger partial charge on any atom is 0.160 e. The number of fused-ring (bicyclic) bond motifs is 6. The fraction of sp³-hybridized carbons (Fsp3) is 0. The highest BCUT2D eigenvalue weighted by atomic mass is 16.3. The molecule has 0 unspecified atom stereocenters. The molecule has 0 N–H and O–H groups in total. The summed E-state index contributed by atoms with van der Waals surface area (Å²) in [5.74, 6) is 0.556. The van der Waals surface area contributed by atoms with E-state index in [9.17, 15) is 5.26 Å². The Morgan fingerprint density at radius 2 is 1.10 bits per heavy atom. The van der Waals surface area contributed by atoms with Gasteiger partial charge in [-0.3, -0.25) is 0 Å². The number of para-hydroxylation sites is 2. The van der Waals surface area contributed by atoms with Crippen LogP contribution in [-0.2, 0) is 0 Å². The molecule has 0 aliphatic carbocycles. The van der Waals surface area contributed by atoms with Crippen LogP contribution in [0.2, 0.25) is 0 Å². The maximum absolute atomic E-state index is 10.7. The van der Waals surface area contributed by atoms with Gasteiger partial charge in [0.25, 0.3) is 0 Å². The topological polar surface area (TPSA) is 67.6 Å². The van der Waals surface area contributed by atoms with E-state index in [0.29, 0.717) is 22.8 Å². The van der Waals surface area contributed by atoms with E-state index in [1.807, 2.05) is 84.9 Å². The fourth-order valence-electron chi connectivity index (χ4n) is 7.51. The van der Waals surface area contributed by atoms with Crippen LogP contribution in [0.5, 0.6) is 0 Å². The number of nitriles is 1. The average Bonchev–Trinajstić information content (AvgIpc) is 3.77. The first-order valence-electron chi connectivity index (χ1n) is 17.2. The zero-order valence-electron chi connectivity index (χ0n) is 27.9. The second kappa shape index (κ2) is 11.9. The van der Waals surface area contributed by atoms with Gasteiger partial charge >= 0.3 is 0 Å². The van der Waals surface area contributed by atoms with Crippen LogP contribution in [0.15, 0.2) is 174 Å². The van der Waals surface area contributed by atoms with Gasteiger partial charge in [-0.2, -0.15) is 5.26 Å². The highest BCUT2D eigenvalue weighted by Crippen LogP contribution is 2.41.